The summed E-state index contributed by atoms with van der Waals surface area (Å²) in [6, 6.07) is 20.5. The van der Waals surface area contributed by atoms with Crippen molar-refractivity contribution in [3.05, 3.63) is 89.3 Å². The van der Waals surface area contributed by atoms with Crippen molar-refractivity contribution >= 4 is 23.2 Å². The molecular formula is C20H20ClN2O2+. The van der Waals surface area contributed by atoms with Crippen LogP contribution in [0.5, 0.6) is 0 Å². The minimum Gasteiger partial charge on any atom is -0.463 e. The van der Waals surface area contributed by atoms with Crippen LogP contribution < -0.4 is 10.6 Å². The summed E-state index contributed by atoms with van der Waals surface area (Å²) >= 11 is 5.88. The summed E-state index contributed by atoms with van der Waals surface area (Å²) in [5, 5.41) is 5.55. The van der Waals surface area contributed by atoms with Crippen LogP contribution in [0.25, 0.3) is 0 Å². The molecule has 1 amide bonds. The van der Waals surface area contributed by atoms with Crippen molar-refractivity contribution in [3.8, 4) is 0 Å². The molecule has 2 aromatic carbocycles. The molecule has 3 rings (SSSR count). The van der Waals surface area contributed by atoms with E-state index in [1.165, 1.54) is 0 Å². The number of rotatable bonds is 6. The zero-order valence-electron chi connectivity index (χ0n) is 13.9. The zero-order valence-corrected chi connectivity index (χ0v) is 14.6. The molecule has 0 aliphatic heterocycles. The quantitative estimate of drug-likeness (QED) is 0.709. The SMILES string of the molecule is C[C@@H]([NH2+][C@H](c1ccccc1)c1ccco1)C(=O)Nc1ccc(Cl)cc1. The molecule has 0 fully saturated rings. The first-order valence-electron chi connectivity index (χ1n) is 8.13. The second-order valence-electron chi connectivity index (χ2n) is 5.88. The van der Waals surface area contributed by atoms with E-state index in [0.29, 0.717) is 5.02 Å². The van der Waals surface area contributed by atoms with Gasteiger partial charge in [-0.1, -0.05) is 41.9 Å². The van der Waals surface area contributed by atoms with Crippen LogP contribution in [0.15, 0.2) is 77.4 Å². The Bertz CT molecular complexity index is 801. The highest BCUT2D eigenvalue weighted by atomic mass is 35.5. The first-order valence-corrected chi connectivity index (χ1v) is 8.51. The van der Waals surface area contributed by atoms with E-state index in [-0.39, 0.29) is 18.0 Å². The number of carbonyl (C=O) groups excluding carboxylic acids is 1. The van der Waals surface area contributed by atoms with E-state index in [1.807, 2.05) is 54.7 Å². The summed E-state index contributed by atoms with van der Waals surface area (Å²) in [5.74, 6) is 0.743. The molecular weight excluding hydrogens is 336 g/mol. The van der Waals surface area contributed by atoms with E-state index >= 15 is 0 Å². The number of nitrogens with one attached hydrogen (secondary N) is 1. The van der Waals surface area contributed by atoms with Gasteiger partial charge in [-0.05, 0) is 43.3 Å². The fourth-order valence-corrected chi connectivity index (χ4v) is 2.79. The molecule has 0 unspecified atom stereocenters. The molecule has 1 aromatic heterocycles. The lowest BCUT2D eigenvalue weighted by Crippen LogP contribution is -2.92. The number of benzene rings is 2. The molecule has 2 atom stereocenters. The third kappa shape index (κ3) is 4.50. The standard InChI is InChI=1S/C20H19ClN2O2/c1-14(20(24)23-17-11-9-16(21)10-12-17)22-19(18-8-5-13-25-18)15-6-3-2-4-7-15/h2-14,19,22H,1H3,(H,23,24)/p+1/t14-,19-/m1/s1. The number of quaternary nitrogens is 1. The Hall–Kier alpha value is -2.56. The Morgan fingerprint density at radius 3 is 2.40 bits per heavy atom. The number of halogens is 1. The first kappa shape index (κ1) is 17.3. The van der Waals surface area contributed by atoms with Crippen LogP contribution >= 0.6 is 11.6 Å². The van der Waals surface area contributed by atoms with E-state index in [4.69, 9.17) is 16.0 Å². The van der Waals surface area contributed by atoms with E-state index in [1.54, 1.807) is 30.5 Å². The molecule has 25 heavy (non-hydrogen) atoms. The highest BCUT2D eigenvalue weighted by Crippen LogP contribution is 2.19. The summed E-state index contributed by atoms with van der Waals surface area (Å²) in [5.41, 5.74) is 1.81. The molecule has 5 heteroatoms. The molecule has 0 aliphatic rings. The van der Waals surface area contributed by atoms with Crippen molar-refractivity contribution in [2.45, 2.75) is 19.0 Å². The molecule has 0 saturated heterocycles. The summed E-state index contributed by atoms with van der Waals surface area (Å²) in [4.78, 5) is 12.5. The smallest absolute Gasteiger partial charge is 0.282 e. The highest BCUT2D eigenvalue weighted by Gasteiger charge is 2.26. The molecule has 128 valence electrons. The number of hydrogen-bond acceptors (Lipinski definition) is 2. The molecule has 3 aromatic rings. The third-order valence-electron chi connectivity index (χ3n) is 4.01. The van der Waals surface area contributed by atoms with Crippen molar-refractivity contribution in [1.29, 1.82) is 0 Å². The number of nitrogens with two attached hydrogens (primary N) is 1. The minimum absolute atomic E-state index is 0.0743. The second kappa shape index (κ2) is 8.01. The summed E-state index contributed by atoms with van der Waals surface area (Å²) < 4.78 is 5.58. The van der Waals surface area contributed by atoms with Crippen LogP contribution in [0.4, 0.5) is 5.69 Å². The van der Waals surface area contributed by atoms with Gasteiger partial charge in [0.1, 0.15) is 0 Å². The predicted octanol–water partition coefficient (Wildman–Crippen LogP) is 3.61. The third-order valence-corrected chi connectivity index (χ3v) is 4.27. The van der Waals surface area contributed by atoms with Gasteiger partial charge in [-0.15, -0.1) is 0 Å². The zero-order chi connectivity index (χ0) is 17.6. The maximum atomic E-state index is 12.5. The molecule has 0 radical (unpaired) electrons. The average molecular weight is 356 g/mol. The van der Waals surface area contributed by atoms with Crippen molar-refractivity contribution < 1.29 is 14.5 Å². The van der Waals surface area contributed by atoms with Crippen LogP contribution in [0.2, 0.25) is 5.02 Å². The summed E-state index contributed by atoms with van der Waals surface area (Å²) in [6.07, 6.45) is 1.65. The molecule has 0 aliphatic carbocycles. The number of hydrogen-bond donors (Lipinski definition) is 2. The van der Waals surface area contributed by atoms with Crippen molar-refractivity contribution in [1.82, 2.24) is 0 Å². The second-order valence-corrected chi connectivity index (χ2v) is 6.32. The van der Waals surface area contributed by atoms with Gasteiger partial charge >= 0.3 is 0 Å². The normalized spacial score (nSPS) is 13.2. The van der Waals surface area contributed by atoms with Gasteiger partial charge in [-0.3, -0.25) is 4.79 Å². The van der Waals surface area contributed by atoms with Gasteiger partial charge in [0.2, 0.25) is 0 Å². The molecule has 4 nitrogen and oxygen atoms in total. The van der Waals surface area contributed by atoms with Gasteiger partial charge in [-0.2, -0.15) is 0 Å². The Morgan fingerprint density at radius 1 is 1.04 bits per heavy atom. The van der Waals surface area contributed by atoms with Crippen LogP contribution in [-0.2, 0) is 4.79 Å². The first-order chi connectivity index (χ1) is 12.1. The van der Waals surface area contributed by atoms with Crippen LogP contribution in [0, 0.1) is 0 Å². The van der Waals surface area contributed by atoms with E-state index in [9.17, 15) is 4.79 Å². The van der Waals surface area contributed by atoms with Crippen molar-refractivity contribution in [2.24, 2.45) is 0 Å². The highest BCUT2D eigenvalue weighted by molar-refractivity contribution is 6.30. The van der Waals surface area contributed by atoms with Gasteiger partial charge in [0.05, 0.1) is 6.26 Å². The minimum atomic E-state index is -0.300. The number of amides is 1. The van der Waals surface area contributed by atoms with E-state index in [0.717, 1.165) is 17.0 Å². The fourth-order valence-electron chi connectivity index (χ4n) is 2.66. The number of furan rings is 1. The maximum absolute atomic E-state index is 12.5. The lowest BCUT2D eigenvalue weighted by molar-refractivity contribution is -0.706. The van der Waals surface area contributed by atoms with Gasteiger partial charge in [0.25, 0.3) is 5.91 Å². The fraction of sp³-hybridized carbons (Fsp3) is 0.150. The van der Waals surface area contributed by atoms with Crippen molar-refractivity contribution in [2.75, 3.05) is 5.32 Å². The number of carbonyl (C=O) groups is 1. The van der Waals surface area contributed by atoms with Gasteiger partial charge in [0, 0.05) is 16.3 Å². The Morgan fingerprint density at radius 2 is 1.76 bits per heavy atom. The van der Waals surface area contributed by atoms with Gasteiger partial charge < -0.3 is 15.1 Å². The van der Waals surface area contributed by atoms with Gasteiger partial charge in [0.15, 0.2) is 17.8 Å². The number of anilines is 1. The lowest BCUT2D eigenvalue weighted by Gasteiger charge is -2.18. The molecule has 1 heterocycles. The average Bonchev–Trinajstić information content (AvgIpc) is 3.16. The summed E-state index contributed by atoms with van der Waals surface area (Å²) in [7, 11) is 0. The van der Waals surface area contributed by atoms with E-state index < -0.39 is 0 Å². The summed E-state index contributed by atoms with van der Waals surface area (Å²) in [6.45, 7) is 1.88. The lowest BCUT2D eigenvalue weighted by atomic mass is 10.0. The van der Waals surface area contributed by atoms with Crippen LogP contribution in [0.3, 0.4) is 0 Å². The van der Waals surface area contributed by atoms with Crippen LogP contribution in [0.1, 0.15) is 24.3 Å². The largest absolute Gasteiger partial charge is 0.463 e. The Kier molecular flexibility index (Phi) is 5.53. The Labute approximate surface area is 151 Å². The topological polar surface area (TPSA) is 58.9 Å². The Balaban J connectivity index is 1.72. The maximum Gasteiger partial charge on any atom is 0.282 e. The molecule has 0 saturated carbocycles. The predicted molar refractivity (Wildman–Crippen MR) is 98.5 cm³/mol. The molecule has 0 spiro atoms. The molecule has 0 bridgehead atoms. The van der Waals surface area contributed by atoms with E-state index in [2.05, 4.69) is 5.32 Å². The molecule has 3 N–H and O–H groups in total. The monoisotopic (exact) mass is 355 g/mol. The van der Waals surface area contributed by atoms with Crippen LogP contribution in [-0.4, -0.2) is 11.9 Å². The van der Waals surface area contributed by atoms with Gasteiger partial charge in [-0.25, -0.2) is 0 Å². The van der Waals surface area contributed by atoms with Crippen molar-refractivity contribution in [3.63, 3.8) is 0 Å².